The van der Waals surface area contributed by atoms with Crippen molar-refractivity contribution in [2.75, 3.05) is 32.1 Å². The average Bonchev–Trinajstić information content (AvgIpc) is 3.21. The maximum atomic E-state index is 10.3. The van der Waals surface area contributed by atoms with Crippen LogP contribution < -0.4 is 15.4 Å². The van der Waals surface area contributed by atoms with Gasteiger partial charge >= 0.3 is 0 Å². The summed E-state index contributed by atoms with van der Waals surface area (Å²) in [7, 11) is 3.97. The van der Waals surface area contributed by atoms with Gasteiger partial charge in [-0.2, -0.15) is 0 Å². The quantitative estimate of drug-likeness (QED) is 0.797. The van der Waals surface area contributed by atoms with Gasteiger partial charge in [0.1, 0.15) is 18.0 Å². The fraction of sp³-hybridized carbons (Fsp3) is 0.571. The van der Waals surface area contributed by atoms with Crippen molar-refractivity contribution in [1.82, 2.24) is 0 Å². The SMILES string of the molecule is CN(C)c1cccc(OCC(O)(CN)C2CC2)c1. The van der Waals surface area contributed by atoms with Gasteiger partial charge in [0.2, 0.25) is 0 Å². The van der Waals surface area contributed by atoms with Crippen LogP contribution in [0.3, 0.4) is 0 Å². The van der Waals surface area contributed by atoms with E-state index in [2.05, 4.69) is 0 Å². The summed E-state index contributed by atoms with van der Waals surface area (Å²) in [4.78, 5) is 2.02. The van der Waals surface area contributed by atoms with Gasteiger partial charge in [0, 0.05) is 32.4 Å². The van der Waals surface area contributed by atoms with Crippen molar-refractivity contribution < 1.29 is 9.84 Å². The molecule has 0 radical (unpaired) electrons. The van der Waals surface area contributed by atoms with Crippen LogP contribution in [0.25, 0.3) is 0 Å². The number of benzene rings is 1. The van der Waals surface area contributed by atoms with E-state index in [0.29, 0.717) is 5.92 Å². The normalized spacial score (nSPS) is 18.2. The lowest BCUT2D eigenvalue weighted by Crippen LogP contribution is -2.45. The average molecular weight is 250 g/mol. The molecular formula is C14H22N2O2. The largest absolute Gasteiger partial charge is 0.490 e. The molecule has 1 aliphatic rings. The Morgan fingerprint density at radius 1 is 1.44 bits per heavy atom. The predicted molar refractivity (Wildman–Crippen MR) is 73.0 cm³/mol. The topological polar surface area (TPSA) is 58.7 Å². The summed E-state index contributed by atoms with van der Waals surface area (Å²) >= 11 is 0. The molecule has 0 spiro atoms. The van der Waals surface area contributed by atoms with E-state index >= 15 is 0 Å². The summed E-state index contributed by atoms with van der Waals surface area (Å²) in [5, 5.41) is 10.3. The molecule has 1 atom stereocenters. The fourth-order valence-electron chi connectivity index (χ4n) is 2.02. The van der Waals surface area contributed by atoms with Gasteiger partial charge in [0.15, 0.2) is 0 Å². The molecule has 0 saturated heterocycles. The second-order valence-electron chi connectivity index (χ2n) is 5.26. The molecule has 1 unspecified atom stereocenters. The number of aliphatic hydroxyl groups is 1. The first-order valence-electron chi connectivity index (χ1n) is 6.38. The fourth-order valence-corrected chi connectivity index (χ4v) is 2.02. The highest BCUT2D eigenvalue weighted by Gasteiger charge is 2.43. The van der Waals surface area contributed by atoms with Crippen molar-refractivity contribution in [3.63, 3.8) is 0 Å². The van der Waals surface area contributed by atoms with Crippen molar-refractivity contribution in [1.29, 1.82) is 0 Å². The Labute approximate surface area is 108 Å². The van der Waals surface area contributed by atoms with Crippen LogP contribution in [-0.2, 0) is 0 Å². The molecule has 0 aromatic heterocycles. The number of ether oxygens (including phenoxy) is 1. The Morgan fingerprint density at radius 3 is 2.72 bits per heavy atom. The van der Waals surface area contributed by atoms with Crippen molar-refractivity contribution in [3.8, 4) is 5.75 Å². The van der Waals surface area contributed by atoms with Gasteiger partial charge < -0.3 is 20.5 Å². The number of nitrogens with two attached hydrogens (primary N) is 1. The van der Waals surface area contributed by atoms with Crippen molar-refractivity contribution in [3.05, 3.63) is 24.3 Å². The summed E-state index contributed by atoms with van der Waals surface area (Å²) in [5.74, 6) is 1.08. The van der Waals surface area contributed by atoms with Crippen LogP contribution in [0, 0.1) is 5.92 Å². The second kappa shape index (κ2) is 5.16. The van der Waals surface area contributed by atoms with E-state index in [4.69, 9.17) is 10.5 Å². The second-order valence-corrected chi connectivity index (χ2v) is 5.26. The summed E-state index contributed by atoms with van der Waals surface area (Å²) in [6.07, 6.45) is 2.10. The molecule has 1 fully saturated rings. The van der Waals surface area contributed by atoms with Crippen LogP contribution in [0.15, 0.2) is 24.3 Å². The standard InChI is InChI=1S/C14H22N2O2/c1-16(2)12-4-3-5-13(8-12)18-10-14(17,9-15)11-6-7-11/h3-5,8,11,17H,6-7,9-10,15H2,1-2H3. The zero-order chi connectivity index (χ0) is 13.2. The number of anilines is 1. The Kier molecular flexibility index (Phi) is 3.78. The Morgan fingerprint density at radius 2 is 2.17 bits per heavy atom. The van der Waals surface area contributed by atoms with Gasteiger partial charge in [-0.15, -0.1) is 0 Å². The van der Waals surface area contributed by atoms with Gasteiger partial charge in [-0.05, 0) is 30.9 Å². The molecule has 1 aromatic carbocycles. The number of hydrogen-bond acceptors (Lipinski definition) is 4. The lowest BCUT2D eigenvalue weighted by molar-refractivity contribution is -0.0162. The first kappa shape index (κ1) is 13.2. The Hall–Kier alpha value is -1.26. The smallest absolute Gasteiger partial charge is 0.121 e. The molecule has 3 N–H and O–H groups in total. The lowest BCUT2D eigenvalue weighted by Gasteiger charge is -2.26. The highest BCUT2D eigenvalue weighted by molar-refractivity contribution is 5.49. The van der Waals surface area contributed by atoms with E-state index in [0.717, 1.165) is 24.3 Å². The van der Waals surface area contributed by atoms with Gasteiger partial charge in [-0.3, -0.25) is 0 Å². The molecule has 4 nitrogen and oxygen atoms in total. The van der Waals surface area contributed by atoms with Crippen LogP contribution in [-0.4, -0.2) is 38.0 Å². The highest BCUT2D eigenvalue weighted by atomic mass is 16.5. The molecule has 4 heteroatoms. The van der Waals surface area contributed by atoms with Gasteiger partial charge in [0.05, 0.1) is 0 Å². The van der Waals surface area contributed by atoms with Crippen molar-refractivity contribution in [2.45, 2.75) is 18.4 Å². The third-order valence-corrected chi connectivity index (χ3v) is 3.51. The zero-order valence-corrected chi connectivity index (χ0v) is 11.1. The molecule has 0 bridgehead atoms. The number of nitrogens with zero attached hydrogens (tertiary/aromatic N) is 1. The van der Waals surface area contributed by atoms with E-state index in [1.54, 1.807) is 0 Å². The monoisotopic (exact) mass is 250 g/mol. The number of rotatable bonds is 6. The maximum absolute atomic E-state index is 10.3. The lowest BCUT2D eigenvalue weighted by atomic mass is 9.99. The van der Waals surface area contributed by atoms with Crippen molar-refractivity contribution >= 4 is 5.69 Å². The van der Waals surface area contributed by atoms with Gasteiger partial charge in [0.25, 0.3) is 0 Å². The molecule has 1 saturated carbocycles. The Bertz CT molecular complexity index is 405. The summed E-state index contributed by atoms with van der Waals surface area (Å²) < 4.78 is 5.70. The summed E-state index contributed by atoms with van der Waals surface area (Å²) in [6.45, 7) is 0.524. The minimum Gasteiger partial charge on any atom is -0.490 e. The third kappa shape index (κ3) is 2.94. The molecule has 1 aliphatic carbocycles. The molecule has 0 amide bonds. The minimum absolute atomic E-state index is 0.255. The molecular weight excluding hydrogens is 228 g/mol. The van der Waals surface area contributed by atoms with Crippen LogP contribution in [0.5, 0.6) is 5.75 Å². The first-order valence-corrected chi connectivity index (χ1v) is 6.38. The highest BCUT2D eigenvalue weighted by Crippen LogP contribution is 2.39. The molecule has 1 aromatic rings. The van der Waals surface area contributed by atoms with Gasteiger partial charge in [-0.25, -0.2) is 0 Å². The molecule has 2 rings (SSSR count). The summed E-state index contributed by atoms with van der Waals surface area (Å²) in [5.41, 5.74) is 5.86. The Balaban J connectivity index is 1.99. The number of hydrogen-bond donors (Lipinski definition) is 2. The molecule has 100 valence electrons. The van der Waals surface area contributed by atoms with Gasteiger partial charge in [-0.1, -0.05) is 6.07 Å². The zero-order valence-electron chi connectivity index (χ0n) is 11.1. The molecule has 0 heterocycles. The molecule has 0 aliphatic heterocycles. The maximum Gasteiger partial charge on any atom is 0.121 e. The van der Waals surface area contributed by atoms with Crippen LogP contribution >= 0.6 is 0 Å². The molecule has 18 heavy (non-hydrogen) atoms. The van der Waals surface area contributed by atoms with Crippen LogP contribution in [0.4, 0.5) is 5.69 Å². The van der Waals surface area contributed by atoms with E-state index < -0.39 is 5.60 Å². The third-order valence-electron chi connectivity index (χ3n) is 3.51. The van der Waals surface area contributed by atoms with Crippen molar-refractivity contribution in [2.24, 2.45) is 11.7 Å². The van der Waals surface area contributed by atoms with E-state index in [9.17, 15) is 5.11 Å². The summed E-state index contributed by atoms with van der Waals surface area (Å²) in [6, 6.07) is 7.83. The van der Waals surface area contributed by atoms with E-state index in [1.807, 2.05) is 43.3 Å². The minimum atomic E-state index is -0.867. The van der Waals surface area contributed by atoms with E-state index in [-0.39, 0.29) is 13.2 Å². The first-order chi connectivity index (χ1) is 8.55. The predicted octanol–water partition coefficient (Wildman–Crippen LogP) is 1.23. The van der Waals surface area contributed by atoms with Crippen LogP contribution in [0.1, 0.15) is 12.8 Å². The van der Waals surface area contributed by atoms with Crippen LogP contribution in [0.2, 0.25) is 0 Å². The van der Waals surface area contributed by atoms with E-state index in [1.165, 1.54) is 0 Å².